The summed E-state index contributed by atoms with van der Waals surface area (Å²) < 4.78 is 19.7. The summed E-state index contributed by atoms with van der Waals surface area (Å²) in [6, 6.07) is 0. The molecule has 1 saturated heterocycles. The van der Waals surface area contributed by atoms with Crippen molar-refractivity contribution in [1.82, 2.24) is 19.5 Å². The highest BCUT2D eigenvalue weighted by Gasteiger charge is 2.32. The fourth-order valence-corrected chi connectivity index (χ4v) is 2.10. The van der Waals surface area contributed by atoms with Crippen molar-refractivity contribution < 1.29 is 19.3 Å². The largest absolute Gasteiger partial charge is 0.492 e. The maximum Gasteiger partial charge on any atom is 0.242 e. The van der Waals surface area contributed by atoms with Gasteiger partial charge in [0.25, 0.3) is 0 Å². The van der Waals surface area contributed by atoms with E-state index < -0.39 is 18.7 Å². The average Bonchev–Trinajstić information content (AvgIpc) is 2.94. The van der Waals surface area contributed by atoms with Gasteiger partial charge < -0.3 is 14.9 Å². The van der Waals surface area contributed by atoms with Crippen LogP contribution in [-0.2, 0) is 4.74 Å². The van der Waals surface area contributed by atoms with Gasteiger partial charge in [0.1, 0.15) is 18.7 Å². The molecule has 1 aliphatic rings. The molecular formula is C10H11FN4O3. The molecule has 8 heteroatoms. The quantitative estimate of drug-likeness (QED) is 0.810. The third kappa shape index (κ3) is 1.70. The zero-order chi connectivity index (χ0) is 12.7. The summed E-state index contributed by atoms with van der Waals surface area (Å²) >= 11 is 0. The molecule has 96 valence electrons. The lowest BCUT2D eigenvalue weighted by atomic mass is 10.2. The number of rotatable bonds is 2. The molecule has 3 atom stereocenters. The Bertz CT molecular complexity index is 573. The minimum Gasteiger partial charge on any atom is -0.492 e. The molecule has 18 heavy (non-hydrogen) atoms. The third-order valence-electron chi connectivity index (χ3n) is 2.99. The minimum absolute atomic E-state index is 0.209. The number of aliphatic hydroxyl groups is 1. The van der Waals surface area contributed by atoms with Gasteiger partial charge in [0.15, 0.2) is 11.2 Å². The normalized spacial score (nSPS) is 25.7. The van der Waals surface area contributed by atoms with Gasteiger partial charge in [-0.05, 0) is 12.8 Å². The number of aromatic nitrogens is 4. The highest BCUT2D eigenvalue weighted by molar-refractivity contribution is 5.75. The van der Waals surface area contributed by atoms with Crippen LogP contribution in [0.1, 0.15) is 19.1 Å². The van der Waals surface area contributed by atoms with E-state index in [9.17, 15) is 9.50 Å². The number of hydrogen-bond acceptors (Lipinski definition) is 6. The molecule has 0 spiro atoms. The zero-order valence-corrected chi connectivity index (χ0v) is 9.27. The number of alkyl halides is 1. The van der Waals surface area contributed by atoms with Crippen LogP contribution in [0.3, 0.4) is 0 Å². The van der Waals surface area contributed by atoms with Gasteiger partial charge in [-0.1, -0.05) is 0 Å². The molecule has 3 heterocycles. The van der Waals surface area contributed by atoms with Crippen LogP contribution in [0.2, 0.25) is 0 Å². The van der Waals surface area contributed by atoms with E-state index in [1.165, 1.54) is 12.7 Å². The first-order valence-electron chi connectivity index (χ1n) is 5.51. The van der Waals surface area contributed by atoms with Gasteiger partial charge >= 0.3 is 0 Å². The van der Waals surface area contributed by atoms with E-state index in [2.05, 4.69) is 15.0 Å². The van der Waals surface area contributed by atoms with Gasteiger partial charge in [-0.2, -0.15) is 4.98 Å². The van der Waals surface area contributed by atoms with E-state index in [1.807, 2.05) is 0 Å². The second-order valence-electron chi connectivity index (χ2n) is 4.10. The van der Waals surface area contributed by atoms with Crippen molar-refractivity contribution in [3.05, 3.63) is 12.7 Å². The van der Waals surface area contributed by atoms with Crippen LogP contribution in [0.15, 0.2) is 12.7 Å². The van der Waals surface area contributed by atoms with Crippen molar-refractivity contribution in [2.75, 3.05) is 0 Å². The smallest absolute Gasteiger partial charge is 0.242 e. The lowest BCUT2D eigenvalue weighted by Gasteiger charge is -2.15. The fourth-order valence-electron chi connectivity index (χ4n) is 2.10. The fraction of sp³-hybridized carbons (Fsp3) is 0.500. The topological polar surface area (TPSA) is 93.3 Å². The molecular weight excluding hydrogens is 243 g/mol. The Hall–Kier alpha value is -1.80. The van der Waals surface area contributed by atoms with Gasteiger partial charge in [-0.25, -0.2) is 14.4 Å². The first-order valence-corrected chi connectivity index (χ1v) is 5.51. The molecule has 0 bridgehead atoms. The van der Waals surface area contributed by atoms with E-state index >= 15 is 0 Å². The zero-order valence-electron chi connectivity index (χ0n) is 9.27. The number of aliphatic hydroxyl groups excluding tert-OH is 1. The number of imidazole rings is 1. The molecule has 3 rings (SSSR count). The standard InChI is InChI=1S/C10H11FN4O3/c11-8(16)5-1-2-6(18-5)15-4-14-7-9(15)12-3-13-10(7)17/h3-6,8,16H,1-2H2,(H,12,13,17)/t5-,6+,8?/m0/s1. The maximum atomic E-state index is 12.7. The number of nitrogens with zero attached hydrogens (tertiary/aromatic N) is 4. The molecule has 1 fully saturated rings. The van der Waals surface area contributed by atoms with Crippen molar-refractivity contribution in [1.29, 1.82) is 0 Å². The molecule has 0 aliphatic carbocycles. The van der Waals surface area contributed by atoms with Crippen LogP contribution in [-0.4, -0.2) is 42.2 Å². The monoisotopic (exact) mass is 254 g/mol. The summed E-state index contributed by atoms with van der Waals surface area (Å²) in [6.45, 7) is 0. The van der Waals surface area contributed by atoms with Crippen LogP contribution in [0.4, 0.5) is 4.39 Å². The van der Waals surface area contributed by atoms with Crippen LogP contribution < -0.4 is 0 Å². The molecule has 1 aliphatic heterocycles. The Morgan fingerprint density at radius 2 is 2.22 bits per heavy atom. The molecule has 0 radical (unpaired) electrons. The van der Waals surface area contributed by atoms with Crippen molar-refractivity contribution >= 4 is 11.2 Å². The second kappa shape index (κ2) is 4.14. The van der Waals surface area contributed by atoms with Gasteiger partial charge in [0.05, 0.1) is 6.33 Å². The summed E-state index contributed by atoms with van der Waals surface area (Å²) in [5, 5.41) is 18.3. The van der Waals surface area contributed by atoms with Gasteiger partial charge in [0.2, 0.25) is 12.2 Å². The maximum absolute atomic E-state index is 12.7. The second-order valence-corrected chi connectivity index (χ2v) is 4.10. The number of halogens is 1. The summed E-state index contributed by atoms with van der Waals surface area (Å²) in [5.41, 5.74) is 0.687. The Labute approximate surface area is 101 Å². The summed E-state index contributed by atoms with van der Waals surface area (Å²) in [6.07, 6.45) is 0.361. The van der Waals surface area contributed by atoms with E-state index in [4.69, 9.17) is 9.84 Å². The molecule has 2 N–H and O–H groups in total. The van der Waals surface area contributed by atoms with Crippen molar-refractivity contribution in [2.45, 2.75) is 31.5 Å². The number of ether oxygens (including phenoxy) is 1. The Kier molecular flexibility index (Phi) is 2.60. The van der Waals surface area contributed by atoms with Gasteiger partial charge in [-0.15, -0.1) is 0 Å². The van der Waals surface area contributed by atoms with Crippen LogP contribution in [0.25, 0.3) is 11.2 Å². The van der Waals surface area contributed by atoms with E-state index in [0.29, 0.717) is 18.5 Å². The predicted molar refractivity (Wildman–Crippen MR) is 57.2 cm³/mol. The lowest BCUT2D eigenvalue weighted by Crippen LogP contribution is -2.21. The first-order chi connectivity index (χ1) is 8.66. The molecule has 0 saturated carbocycles. The number of fused-ring (bicyclic) bond motifs is 1. The third-order valence-corrected chi connectivity index (χ3v) is 2.99. The molecule has 0 aromatic carbocycles. The first kappa shape index (κ1) is 11.3. The number of hydrogen-bond donors (Lipinski definition) is 2. The molecule has 0 amide bonds. The Morgan fingerprint density at radius 1 is 1.39 bits per heavy atom. The Morgan fingerprint density at radius 3 is 2.94 bits per heavy atom. The van der Waals surface area contributed by atoms with Crippen LogP contribution in [0, 0.1) is 0 Å². The van der Waals surface area contributed by atoms with Crippen molar-refractivity contribution in [2.24, 2.45) is 0 Å². The van der Waals surface area contributed by atoms with E-state index in [1.54, 1.807) is 4.57 Å². The summed E-state index contributed by atoms with van der Waals surface area (Å²) in [7, 11) is 0. The predicted octanol–water partition coefficient (Wildman–Crippen LogP) is 0.497. The lowest BCUT2D eigenvalue weighted by molar-refractivity contribution is -0.108. The van der Waals surface area contributed by atoms with E-state index in [0.717, 1.165) is 0 Å². The molecule has 1 unspecified atom stereocenters. The average molecular weight is 254 g/mol. The molecule has 2 aromatic heterocycles. The van der Waals surface area contributed by atoms with Gasteiger partial charge in [0, 0.05) is 0 Å². The highest BCUT2D eigenvalue weighted by Crippen LogP contribution is 2.32. The minimum atomic E-state index is -1.99. The number of aromatic hydroxyl groups is 1. The molecule has 2 aromatic rings. The van der Waals surface area contributed by atoms with E-state index in [-0.39, 0.29) is 11.4 Å². The summed E-state index contributed by atoms with van der Waals surface area (Å²) in [5.74, 6) is -0.209. The van der Waals surface area contributed by atoms with Crippen molar-refractivity contribution in [3.8, 4) is 5.88 Å². The summed E-state index contributed by atoms with van der Waals surface area (Å²) in [4.78, 5) is 11.6. The van der Waals surface area contributed by atoms with Crippen LogP contribution in [0.5, 0.6) is 5.88 Å². The Balaban J connectivity index is 1.94. The van der Waals surface area contributed by atoms with Crippen molar-refractivity contribution in [3.63, 3.8) is 0 Å². The SMILES string of the molecule is Oc1ncnc2c1ncn2[C@H]1CC[C@@H](C(O)F)O1. The van der Waals surface area contributed by atoms with Gasteiger partial charge in [-0.3, -0.25) is 4.57 Å². The molecule has 7 nitrogen and oxygen atoms in total. The van der Waals surface area contributed by atoms with Crippen LogP contribution >= 0.6 is 0 Å². The highest BCUT2D eigenvalue weighted by atomic mass is 19.1.